The summed E-state index contributed by atoms with van der Waals surface area (Å²) in [5.74, 6) is -1.20. The molecule has 3 aromatic rings. The molecule has 0 amide bonds. The fourth-order valence-electron chi connectivity index (χ4n) is 4.43. The minimum Gasteiger partial charge on any atom is -0.506 e. The molecule has 0 saturated heterocycles. The normalized spacial score (nSPS) is 14.3. The number of hydrogen-bond donors (Lipinski definition) is 3. The van der Waals surface area contributed by atoms with Gasteiger partial charge in [0.15, 0.2) is 11.5 Å². The molecule has 2 heterocycles. The predicted octanol–water partition coefficient (Wildman–Crippen LogP) is 5.81. The number of esters is 1. The van der Waals surface area contributed by atoms with Crippen molar-refractivity contribution in [2.45, 2.75) is 60.0 Å². The molecule has 2 aromatic carbocycles. The van der Waals surface area contributed by atoms with Crippen LogP contribution in [0.5, 0.6) is 23.0 Å². The SMILES string of the molecule is CC(=O)OC/C(C)=C/Cc1c(O)c(O)cc2oc3c(CC=C(C)C)c4c(c(O)c3c(=O)c12)C=CC(C)(C)O4. The maximum atomic E-state index is 14.0. The van der Waals surface area contributed by atoms with Gasteiger partial charge in [0, 0.05) is 24.1 Å². The van der Waals surface area contributed by atoms with Gasteiger partial charge in [0.05, 0.1) is 10.9 Å². The molecule has 4 rings (SSSR count). The summed E-state index contributed by atoms with van der Waals surface area (Å²) in [5.41, 5.74) is 1.86. The first-order chi connectivity index (χ1) is 17.8. The van der Waals surface area contributed by atoms with Crippen LogP contribution in [0.1, 0.15) is 58.2 Å². The van der Waals surface area contributed by atoms with Crippen LogP contribution < -0.4 is 10.2 Å². The molecule has 1 aliphatic rings. The Labute approximate surface area is 220 Å². The topological polar surface area (TPSA) is 126 Å². The molecule has 1 aromatic heterocycles. The van der Waals surface area contributed by atoms with Crippen molar-refractivity contribution < 1.29 is 34.0 Å². The lowest BCUT2D eigenvalue weighted by Gasteiger charge is -2.30. The Morgan fingerprint density at radius 2 is 1.68 bits per heavy atom. The van der Waals surface area contributed by atoms with Gasteiger partial charge in [-0.2, -0.15) is 0 Å². The van der Waals surface area contributed by atoms with Crippen LogP contribution in [0.3, 0.4) is 0 Å². The molecule has 0 unspecified atom stereocenters. The fraction of sp³-hybridized carbons (Fsp3) is 0.333. The number of fused-ring (bicyclic) bond motifs is 3. The van der Waals surface area contributed by atoms with Crippen LogP contribution in [-0.4, -0.2) is 33.5 Å². The van der Waals surface area contributed by atoms with Crippen LogP contribution in [0.25, 0.3) is 28.0 Å². The lowest BCUT2D eigenvalue weighted by atomic mass is 9.93. The monoisotopic (exact) mass is 520 g/mol. The van der Waals surface area contributed by atoms with E-state index >= 15 is 0 Å². The number of hydrogen-bond acceptors (Lipinski definition) is 8. The third-order valence-electron chi connectivity index (χ3n) is 6.41. The highest BCUT2D eigenvalue weighted by atomic mass is 16.5. The van der Waals surface area contributed by atoms with Gasteiger partial charge in [0.1, 0.15) is 40.3 Å². The van der Waals surface area contributed by atoms with E-state index in [2.05, 4.69) is 0 Å². The summed E-state index contributed by atoms with van der Waals surface area (Å²) in [5, 5.41) is 32.4. The highest BCUT2D eigenvalue weighted by Crippen LogP contribution is 2.46. The summed E-state index contributed by atoms with van der Waals surface area (Å²) in [6, 6.07) is 1.19. The first-order valence-corrected chi connectivity index (χ1v) is 12.3. The number of carbonyl (C=O) groups excluding carboxylic acids is 1. The predicted molar refractivity (Wildman–Crippen MR) is 146 cm³/mol. The number of allylic oxidation sites excluding steroid dienone is 3. The minimum atomic E-state index is -0.641. The second-order valence-corrected chi connectivity index (χ2v) is 10.4. The van der Waals surface area contributed by atoms with E-state index in [1.165, 1.54) is 13.0 Å². The summed E-state index contributed by atoms with van der Waals surface area (Å²) < 4.78 is 17.4. The molecule has 0 aliphatic carbocycles. The molecule has 0 atom stereocenters. The van der Waals surface area contributed by atoms with Crippen molar-refractivity contribution in [3.8, 4) is 23.0 Å². The zero-order valence-corrected chi connectivity index (χ0v) is 22.4. The summed E-state index contributed by atoms with van der Waals surface area (Å²) in [4.78, 5) is 25.1. The number of phenolic OH excluding ortho intramolecular Hbond substituents is 3. The van der Waals surface area contributed by atoms with Gasteiger partial charge >= 0.3 is 5.97 Å². The van der Waals surface area contributed by atoms with E-state index in [-0.39, 0.29) is 46.3 Å². The summed E-state index contributed by atoms with van der Waals surface area (Å²) in [6.07, 6.45) is 7.63. The van der Waals surface area contributed by atoms with Gasteiger partial charge in [0.25, 0.3) is 0 Å². The number of aromatic hydroxyl groups is 3. The molecule has 0 bridgehead atoms. The van der Waals surface area contributed by atoms with Crippen LogP contribution in [0, 0.1) is 0 Å². The Hall–Kier alpha value is -4.20. The fourth-order valence-corrected chi connectivity index (χ4v) is 4.43. The first-order valence-electron chi connectivity index (χ1n) is 12.3. The van der Waals surface area contributed by atoms with Gasteiger partial charge in [-0.25, -0.2) is 0 Å². The number of benzene rings is 2. The molecular weight excluding hydrogens is 488 g/mol. The van der Waals surface area contributed by atoms with E-state index in [1.807, 2.05) is 33.8 Å². The second-order valence-electron chi connectivity index (χ2n) is 10.4. The largest absolute Gasteiger partial charge is 0.506 e. The van der Waals surface area contributed by atoms with E-state index in [0.29, 0.717) is 28.9 Å². The zero-order chi connectivity index (χ0) is 27.9. The van der Waals surface area contributed by atoms with Crippen LogP contribution >= 0.6 is 0 Å². The smallest absolute Gasteiger partial charge is 0.302 e. The van der Waals surface area contributed by atoms with Crippen LogP contribution in [0.2, 0.25) is 0 Å². The van der Waals surface area contributed by atoms with Gasteiger partial charge in [-0.05, 0) is 65.2 Å². The summed E-state index contributed by atoms with van der Waals surface area (Å²) >= 11 is 0. The van der Waals surface area contributed by atoms with Gasteiger partial charge in [-0.15, -0.1) is 0 Å². The van der Waals surface area contributed by atoms with Gasteiger partial charge in [-0.1, -0.05) is 17.7 Å². The quantitative estimate of drug-likeness (QED) is 0.161. The molecular formula is C30H32O8. The Balaban J connectivity index is 2.05. The number of phenols is 3. The Bertz CT molecular complexity index is 1610. The zero-order valence-electron chi connectivity index (χ0n) is 22.4. The first kappa shape index (κ1) is 26.9. The van der Waals surface area contributed by atoms with Gasteiger partial charge in [-0.3, -0.25) is 9.59 Å². The van der Waals surface area contributed by atoms with Crippen molar-refractivity contribution in [3.63, 3.8) is 0 Å². The molecule has 1 aliphatic heterocycles. The second kappa shape index (κ2) is 9.93. The van der Waals surface area contributed by atoms with Crippen molar-refractivity contribution in [2.24, 2.45) is 0 Å². The van der Waals surface area contributed by atoms with E-state index in [0.717, 1.165) is 5.57 Å². The summed E-state index contributed by atoms with van der Waals surface area (Å²) in [7, 11) is 0. The minimum absolute atomic E-state index is 0.0340. The molecule has 8 nitrogen and oxygen atoms in total. The molecule has 38 heavy (non-hydrogen) atoms. The number of carbonyl (C=O) groups is 1. The maximum absolute atomic E-state index is 14.0. The Kier molecular flexibility index (Phi) is 7.02. The van der Waals surface area contributed by atoms with Crippen LogP contribution in [-0.2, 0) is 22.4 Å². The molecule has 0 spiro atoms. The lowest BCUT2D eigenvalue weighted by Crippen LogP contribution is -2.28. The highest BCUT2D eigenvalue weighted by Gasteiger charge is 2.31. The van der Waals surface area contributed by atoms with Gasteiger partial charge in [0.2, 0.25) is 5.43 Å². The number of rotatable bonds is 6. The van der Waals surface area contributed by atoms with Crippen molar-refractivity contribution in [1.82, 2.24) is 0 Å². The molecule has 0 fully saturated rings. The van der Waals surface area contributed by atoms with E-state index in [9.17, 15) is 24.9 Å². The van der Waals surface area contributed by atoms with Crippen LogP contribution in [0.15, 0.2) is 44.7 Å². The third kappa shape index (κ3) is 4.98. The molecule has 0 radical (unpaired) electrons. The van der Waals surface area contributed by atoms with E-state index in [1.54, 1.807) is 25.2 Å². The van der Waals surface area contributed by atoms with Crippen molar-refractivity contribution in [3.05, 3.63) is 62.4 Å². The Morgan fingerprint density at radius 1 is 1.00 bits per heavy atom. The molecule has 3 N–H and O–H groups in total. The lowest BCUT2D eigenvalue weighted by molar-refractivity contribution is -0.139. The van der Waals surface area contributed by atoms with E-state index in [4.69, 9.17) is 13.9 Å². The van der Waals surface area contributed by atoms with E-state index < -0.39 is 28.5 Å². The summed E-state index contributed by atoms with van der Waals surface area (Å²) in [6.45, 7) is 10.8. The number of ether oxygens (including phenoxy) is 2. The van der Waals surface area contributed by atoms with Crippen molar-refractivity contribution in [1.29, 1.82) is 0 Å². The Morgan fingerprint density at radius 3 is 2.34 bits per heavy atom. The standard InChI is InChI=1S/C30H32O8/c1-15(2)7-9-20-28-19(11-12-30(5,6)38-28)26(34)24-27(35)23-18(10-8-16(3)14-36-17(4)31)25(33)21(32)13-22(23)37-29(20)24/h7-8,11-13,32-34H,9-10,14H2,1-6H3/b16-8+. The average molecular weight is 521 g/mol. The molecule has 200 valence electrons. The third-order valence-corrected chi connectivity index (χ3v) is 6.41. The maximum Gasteiger partial charge on any atom is 0.302 e. The molecule has 8 heteroatoms. The van der Waals surface area contributed by atoms with Crippen molar-refractivity contribution >= 4 is 34.0 Å². The van der Waals surface area contributed by atoms with Crippen LogP contribution in [0.4, 0.5) is 0 Å². The van der Waals surface area contributed by atoms with Gasteiger partial charge < -0.3 is 29.2 Å². The van der Waals surface area contributed by atoms with Crippen molar-refractivity contribution in [2.75, 3.05) is 6.61 Å². The average Bonchev–Trinajstić information content (AvgIpc) is 2.82. The molecule has 0 saturated carbocycles. The highest BCUT2D eigenvalue weighted by molar-refractivity contribution is 6.01.